The summed E-state index contributed by atoms with van der Waals surface area (Å²) in [6.45, 7) is 70.7. The van der Waals surface area contributed by atoms with Crippen LogP contribution in [0.4, 0.5) is 4.79 Å². The lowest BCUT2D eigenvalue weighted by molar-refractivity contribution is -0.153. The Hall–Kier alpha value is -2.26. The van der Waals surface area contributed by atoms with Crippen LogP contribution < -0.4 is 5.32 Å². The average molecular weight is 1770 g/mol. The van der Waals surface area contributed by atoms with Crippen molar-refractivity contribution >= 4 is 12.1 Å². The number of unbranched alkanes of at least 4 members (excludes halogenated alkanes) is 1. The molecule has 0 aromatic carbocycles. The van der Waals surface area contributed by atoms with E-state index in [9.17, 15) is 9.59 Å². The predicted octanol–water partition coefficient (Wildman–Crippen LogP) is 14.0. The van der Waals surface area contributed by atoms with Crippen LogP contribution in [0.15, 0.2) is 0 Å². The van der Waals surface area contributed by atoms with Crippen molar-refractivity contribution in [2.45, 2.75) is 392 Å². The molecule has 730 valence electrons. The summed E-state index contributed by atoms with van der Waals surface area (Å²) in [6.07, 6.45) is 1.64. The predicted molar refractivity (Wildman–Crippen MR) is 473 cm³/mol. The van der Waals surface area contributed by atoms with E-state index in [2.05, 4.69) is 26.1 Å². The van der Waals surface area contributed by atoms with Crippen LogP contribution in [-0.4, -0.2) is 350 Å². The van der Waals surface area contributed by atoms with Crippen LogP contribution in [-0.2, 0) is 133 Å². The van der Waals surface area contributed by atoms with Crippen molar-refractivity contribution < 1.29 is 137 Å². The summed E-state index contributed by atoms with van der Waals surface area (Å²) in [5, 5.41) is 2.57. The van der Waals surface area contributed by atoms with E-state index >= 15 is 0 Å². The Morgan fingerprint density at radius 1 is 0.230 bits per heavy atom. The van der Waals surface area contributed by atoms with Gasteiger partial charge in [0.15, 0.2) is 0 Å². The zero-order valence-corrected chi connectivity index (χ0v) is 82.2. The van der Waals surface area contributed by atoms with E-state index in [1.165, 1.54) is 19.3 Å². The number of amides is 1. The van der Waals surface area contributed by atoms with Gasteiger partial charge in [-0.25, -0.2) is 4.79 Å². The summed E-state index contributed by atoms with van der Waals surface area (Å²) in [5.74, 6) is 0.315. The number of rotatable bonds is 86. The SMILES string of the molecule is CCCCC(CC)COC(C)COC(C)COC(C)COC(C)COC(C)COC(C)COC(C)COC(C)COC(C)COC(C)COC(C)COC(C)COC(C)COC(C)COC(C)COC(C)COC(C)COC(C)COC(C)COC(C)COC(C)COC(C)COC(C)COC(C)COC(C)COC(=O)NCCOC(=O)C(C)(C)CC. The highest BCUT2D eigenvalue weighted by Crippen LogP contribution is 2.22. The Balaban J connectivity index is 4.08. The molecule has 26 atom stereocenters. The van der Waals surface area contributed by atoms with Crippen LogP contribution in [0, 0.1) is 11.3 Å². The normalized spacial score (nSPS) is 18.9. The molecule has 1 N–H and O–H groups in total. The van der Waals surface area contributed by atoms with E-state index in [0.717, 1.165) is 13.0 Å². The number of alkyl carbamates (subject to hydrolysis) is 1. The molecule has 0 saturated carbocycles. The van der Waals surface area contributed by atoms with Gasteiger partial charge < -0.3 is 133 Å². The fourth-order valence-electron chi connectivity index (χ4n) is 10.5. The van der Waals surface area contributed by atoms with Crippen molar-refractivity contribution in [3.8, 4) is 0 Å². The van der Waals surface area contributed by atoms with Gasteiger partial charge >= 0.3 is 12.1 Å². The molecule has 0 aromatic rings. The second kappa shape index (κ2) is 74.4. The van der Waals surface area contributed by atoms with E-state index in [1.807, 2.05) is 187 Å². The van der Waals surface area contributed by atoms with Gasteiger partial charge in [0.25, 0.3) is 0 Å². The first-order chi connectivity index (χ1) is 57.7. The average Bonchev–Trinajstić information content (AvgIpc) is 0.895. The smallest absolute Gasteiger partial charge is 0.407 e. The lowest BCUT2D eigenvalue weighted by atomic mass is 9.91. The third-order valence-corrected chi connectivity index (χ3v) is 19.4. The Morgan fingerprint density at radius 2 is 0.385 bits per heavy atom. The van der Waals surface area contributed by atoms with Gasteiger partial charge in [0.05, 0.1) is 323 Å². The summed E-state index contributed by atoms with van der Waals surface area (Å²) in [7, 11) is 0. The number of nitrogens with one attached hydrogen (secondary N) is 1. The highest BCUT2D eigenvalue weighted by atomic mass is 16.6. The molecule has 0 fully saturated rings. The summed E-state index contributed by atoms with van der Waals surface area (Å²) >= 11 is 0. The first kappa shape index (κ1) is 120. The number of esters is 1. The zero-order chi connectivity index (χ0) is 91.8. The van der Waals surface area contributed by atoms with Gasteiger partial charge in [-0.1, -0.05) is 40.0 Å². The van der Waals surface area contributed by atoms with E-state index in [-0.39, 0.29) is 178 Å². The number of hydrogen-bond acceptors (Lipinski definition) is 29. The van der Waals surface area contributed by atoms with Gasteiger partial charge in [-0.15, -0.1) is 0 Å². The maximum Gasteiger partial charge on any atom is 0.407 e. The quantitative estimate of drug-likeness (QED) is 0.0437. The molecule has 122 heavy (non-hydrogen) atoms. The molecule has 0 bridgehead atoms. The second-order valence-corrected chi connectivity index (χ2v) is 34.9. The Morgan fingerprint density at radius 3 is 0.533 bits per heavy atom. The molecule has 1 amide bonds. The maximum absolute atomic E-state index is 12.1. The largest absolute Gasteiger partial charge is 0.463 e. The molecule has 0 heterocycles. The van der Waals surface area contributed by atoms with Gasteiger partial charge in [0.1, 0.15) is 13.2 Å². The molecule has 0 aliphatic rings. The van der Waals surface area contributed by atoms with E-state index in [1.54, 1.807) is 0 Å². The number of carbonyl (C=O) groups excluding carboxylic acids is 2. The summed E-state index contributed by atoms with van der Waals surface area (Å²) < 4.78 is 161. The van der Waals surface area contributed by atoms with Crippen LogP contribution in [0.3, 0.4) is 0 Å². The Kier molecular flexibility index (Phi) is 73.0. The Bertz CT molecular complexity index is 2380. The molecular weight excluding hydrogens is 1580 g/mol. The highest BCUT2D eigenvalue weighted by Gasteiger charge is 2.28. The Labute approximate surface area is 740 Å². The minimum atomic E-state index is -0.608. The van der Waals surface area contributed by atoms with Crippen molar-refractivity contribution in [1.29, 1.82) is 0 Å². The molecule has 26 unspecified atom stereocenters. The summed E-state index contributed by atoms with van der Waals surface area (Å²) in [5.41, 5.74) is -0.564. The van der Waals surface area contributed by atoms with Gasteiger partial charge in [-0.3, -0.25) is 4.79 Å². The first-order valence-electron chi connectivity index (χ1n) is 46.2. The van der Waals surface area contributed by atoms with Gasteiger partial charge in [0.2, 0.25) is 0 Å². The molecule has 0 spiro atoms. The molecule has 0 saturated heterocycles. The minimum Gasteiger partial charge on any atom is -0.463 e. The molecule has 0 aliphatic heterocycles. The van der Waals surface area contributed by atoms with Crippen LogP contribution in [0.2, 0.25) is 0 Å². The van der Waals surface area contributed by atoms with Gasteiger partial charge in [0, 0.05) is 6.61 Å². The number of carbonyl (C=O) groups is 2. The van der Waals surface area contributed by atoms with E-state index in [4.69, 9.17) is 128 Å². The summed E-state index contributed by atoms with van der Waals surface area (Å²) in [6, 6.07) is 0. The van der Waals surface area contributed by atoms with E-state index < -0.39 is 11.5 Å². The standard InChI is InChI=1S/C92H183NO29/c1-31-34-35-89(32-2)63-121-87(27)61-119-85(25)59-117-83(23)57-115-81(21)55-113-79(19)53-111-77(17)51-109-75(15)49-107-73(13)47-105-71(11)45-103-69(9)43-101-67(7)41-99-65(5)39-97-64(4)38-98-66(6)40-100-68(8)42-102-70(10)44-104-72(12)46-106-74(14)48-108-76(16)50-110-78(18)52-112-80(20)54-114-82(22)56-116-84(24)58-118-86(26)60-120-88(28)62-122-91(95)93-36-37-96-90(94)92(29,30)33-3/h64-89H,31-63H2,1-30H3,(H,93,95). The minimum absolute atomic E-state index is 0.0365. The van der Waals surface area contributed by atoms with Crippen molar-refractivity contribution in [3.63, 3.8) is 0 Å². The van der Waals surface area contributed by atoms with Crippen LogP contribution in [0.5, 0.6) is 0 Å². The zero-order valence-electron chi connectivity index (χ0n) is 82.2. The monoisotopic (exact) mass is 1770 g/mol. The fraction of sp³-hybridized carbons (Fsp3) is 0.978. The molecule has 0 rings (SSSR count). The highest BCUT2D eigenvalue weighted by molar-refractivity contribution is 5.75. The van der Waals surface area contributed by atoms with Crippen LogP contribution >= 0.6 is 0 Å². The first-order valence-corrected chi connectivity index (χ1v) is 46.2. The van der Waals surface area contributed by atoms with Crippen molar-refractivity contribution in [2.24, 2.45) is 11.3 Å². The number of hydrogen-bond donors (Lipinski definition) is 1. The van der Waals surface area contributed by atoms with Crippen molar-refractivity contribution in [2.75, 3.05) is 185 Å². The van der Waals surface area contributed by atoms with Gasteiger partial charge in [-0.2, -0.15) is 0 Å². The second-order valence-electron chi connectivity index (χ2n) is 34.9. The maximum atomic E-state index is 12.1. The van der Waals surface area contributed by atoms with Gasteiger partial charge in [-0.05, 0) is 206 Å². The van der Waals surface area contributed by atoms with Crippen LogP contribution in [0.25, 0.3) is 0 Å². The lowest BCUT2D eigenvalue weighted by Crippen LogP contribution is -2.33. The number of ether oxygens (including phenoxy) is 27. The third kappa shape index (κ3) is 71.6. The van der Waals surface area contributed by atoms with E-state index in [0.29, 0.717) is 171 Å². The summed E-state index contributed by atoms with van der Waals surface area (Å²) in [4.78, 5) is 24.1. The van der Waals surface area contributed by atoms with Crippen molar-refractivity contribution in [3.05, 3.63) is 0 Å². The fourth-order valence-corrected chi connectivity index (χ4v) is 10.5. The topological polar surface area (TPSA) is 295 Å². The molecule has 30 nitrogen and oxygen atoms in total. The molecule has 0 aliphatic carbocycles. The van der Waals surface area contributed by atoms with Crippen molar-refractivity contribution in [1.82, 2.24) is 5.32 Å². The lowest BCUT2D eigenvalue weighted by Gasteiger charge is -2.24. The molecule has 0 radical (unpaired) electrons. The molecule has 30 heteroatoms. The van der Waals surface area contributed by atoms with Crippen LogP contribution in [0.1, 0.15) is 240 Å². The molecular formula is C92H183NO29. The third-order valence-electron chi connectivity index (χ3n) is 19.4. The molecule has 0 aromatic heterocycles.